The number of nitrogens with one attached hydrogen (secondary N) is 1. The number of primary amides is 1. The number of furan rings is 1. The minimum absolute atomic E-state index is 0.0228. The van der Waals surface area contributed by atoms with Crippen LogP contribution in [0.15, 0.2) is 53.5 Å². The number of halogens is 1. The molecule has 0 atom stereocenters. The van der Waals surface area contributed by atoms with Gasteiger partial charge in [0.2, 0.25) is 5.76 Å². The number of carbonyl (C=O) groups excluding carboxylic acids is 1. The molecule has 128 valence electrons. The molecule has 0 aliphatic heterocycles. The molecule has 3 rings (SSSR count). The third-order valence-electron chi connectivity index (χ3n) is 3.67. The third kappa shape index (κ3) is 3.19. The van der Waals surface area contributed by atoms with Crippen LogP contribution in [0.5, 0.6) is 5.75 Å². The molecule has 0 radical (unpaired) electrons. The van der Waals surface area contributed by atoms with Crippen LogP contribution in [0.3, 0.4) is 0 Å². The molecule has 3 N–H and O–H groups in total. The monoisotopic (exact) mass is 340 g/mol. The zero-order chi connectivity index (χ0) is 18.0. The number of fused-ring (bicyclic) bond motifs is 1. The fourth-order valence-electron chi connectivity index (χ4n) is 2.53. The molecule has 0 bridgehead atoms. The average Bonchev–Trinajstić information content (AvgIpc) is 2.96. The fourth-order valence-corrected chi connectivity index (χ4v) is 2.53. The molecule has 5 nitrogen and oxygen atoms in total. The molecule has 0 fully saturated rings. The Morgan fingerprint density at radius 2 is 2.00 bits per heavy atom. The molecule has 0 saturated heterocycles. The van der Waals surface area contributed by atoms with E-state index in [1.807, 2.05) is 6.92 Å². The van der Waals surface area contributed by atoms with E-state index in [0.29, 0.717) is 40.3 Å². The summed E-state index contributed by atoms with van der Waals surface area (Å²) in [5.41, 5.74) is 7.42. The van der Waals surface area contributed by atoms with Crippen molar-refractivity contribution >= 4 is 28.3 Å². The summed E-state index contributed by atoms with van der Waals surface area (Å²) in [5.74, 6) is -0.564. The van der Waals surface area contributed by atoms with Gasteiger partial charge in [-0.1, -0.05) is 24.8 Å². The number of hydrogen-bond acceptors (Lipinski definition) is 4. The number of amides is 1. The van der Waals surface area contributed by atoms with Gasteiger partial charge in [0.1, 0.15) is 5.82 Å². The third-order valence-corrected chi connectivity index (χ3v) is 3.67. The van der Waals surface area contributed by atoms with E-state index >= 15 is 0 Å². The lowest BCUT2D eigenvalue weighted by Gasteiger charge is -2.10. The summed E-state index contributed by atoms with van der Waals surface area (Å²) in [6.07, 6.45) is 0. The van der Waals surface area contributed by atoms with E-state index in [2.05, 4.69) is 11.9 Å². The molecule has 0 saturated carbocycles. The van der Waals surface area contributed by atoms with Crippen molar-refractivity contribution in [2.24, 2.45) is 5.73 Å². The lowest BCUT2D eigenvalue weighted by molar-refractivity contribution is 0.0977. The molecule has 0 aliphatic rings. The fraction of sp³-hybridized carbons (Fsp3) is 0.105. The number of benzene rings is 2. The molecule has 25 heavy (non-hydrogen) atoms. The van der Waals surface area contributed by atoms with Crippen LogP contribution in [0.2, 0.25) is 0 Å². The maximum atomic E-state index is 13.1. The van der Waals surface area contributed by atoms with Crippen molar-refractivity contribution in [3.05, 3.63) is 66.2 Å². The van der Waals surface area contributed by atoms with Crippen molar-refractivity contribution < 1.29 is 18.3 Å². The van der Waals surface area contributed by atoms with Crippen molar-refractivity contribution in [3.63, 3.8) is 0 Å². The first-order valence-corrected chi connectivity index (χ1v) is 7.71. The van der Waals surface area contributed by atoms with Gasteiger partial charge in [0.05, 0.1) is 12.3 Å². The average molecular weight is 340 g/mol. The lowest BCUT2D eigenvalue weighted by atomic mass is 10.1. The van der Waals surface area contributed by atoms with E-state index in [1.165, 1.54) is 12.1 Å². The van der Waals surface area contributed by atoms with Gasteiger partial charge in [0, 0.05) is 11.1 Å². The normalized spacial score (nSPS) is 10.6. The zero-order valence-electron chi connectivity index (χ0n) is 13.6. The summed E-state index contributed by atoms with van der Waals surface area (Å²) in [5, 5.41) is 3.69. The van der Waals surface area contributed by atoms with Crippen LogP contribution in [0.1, 0.15) is 23.0 Å². The summed E-state index contributed by atoms with van der Waals surface area (Å²) in [6, 6.07) is 11.2. The van der Waals surface area contributed by atoms with Crippen molar-refractivity contribution in [2.75, 3.05) is 11.9 Å². The van der Waals surface area contributed by atoms with E-state index in [9.17, 15) is 9.18 Å². The van der Waals surface area contributed by atoms with Crippen molar-refractivity contribution in [1.29, 1.82) is 0 Å². The van der Waals surface area contributed by atoms with E-state index in [0.717, 1.165) is 0 Å². The van der Waals surface area contributed by atoms with E-state index in [4.69, 9.17) is 14.9 Å². The largest absolute Gasteiger partial charge is 0.490 e. The van der Waals surface area contributed by atoms with Crippen LogP contribution >= 0.6 is 0 Å². The first-order valence-electron chi connectivity index (χ1n) is 7.71. The van der Waals surface area contributed by atoms with E-state index in [1.54, 1.807) is 30.3 Å². The summed E-state index contributed by atoms with van der Waals surface area (Å²) in [7, 11) is 0. The van der Waals surface area contributed by atoms with Crippen LogP contribution in [-0.2, 0) is 0 Å². The molecule has 0 aliphatic carbocycles. The Balaban J connectivity index is 2.06. The number of nitrogens with two attached hydrogens (primary N) is 1. The second-order valence-electron chi connectivity index (χ2n) is 5.35. The molecule has 6 heteroatoms. The van der Waals surface area contributed by atoms with Gasteiger partial charge in [-0.05, 0) is 36.8 Å². The highest BCUT2D eigenvalue weighted by Gasteiger charge is 2.21. The van der Waals surface area contributed by atoms with Gasteiger partial charge in [0.25, 0.3) is 5.91 Å². The Morgan fingerprint density at radius 1 is 1.28 bits per heavy atom. The molecule has 0 unspecified atom stereocenters. The molecule has 1 heterocycles. The number of carbonyl (C=O) groups is 1. The molecule has 2 aromatic carbocycles. The standard InChI is InChI=1S/C19H17FN2O3/c1-3-24-15-6-4-5-14-16(18(19(21)23)25-17(14)15)22-11(2)12-7-9-13(20)10-8-12/h4-10,22H,2-3H2,1H3,(H2,21,23). The van der Waals surface area contributed by atoms with Crippen molar-refractivity contribution in [2.45, 2.75) is 6.92 Å². The number of anilines is 1. The Hall–Kier alpha value is -3.28. The van der Waals surface area contributed by atoms with E-state index < -0.39 is 5.91 Å². The SMILES string of the molecule is C=C(Nc1c(C(N)=O)oc2c(OCC)cccc12)c1ccc(F)cc1. The molecule has 1 aromatic heterocycles. The number of ether oxygens (including phenoxy) is 1. The Morgan fingerprint density at radius 3 is 2.64 bits per heavy atom. The van der Waals surface area contributed by atoms with Crippen molar-refractivity contribution in [1.82, 2.24) is 0 Å². The lowest BCUT2D eigenvalue weighted by Crippen LogP contribution is -2.12. The highest BCUT2D eigenvalue weighted by molar-refractivity contribution is 6.08. The first kappa shape index (κ1) is 16.6. The van der Waals surface area contributed by atoms with Crippen LogP contribution in [0.25, 0.3) is 16.7 Å². The number of hydrogen-bond donors (Lipinski definition) is 2. The van der Waals surface area contributed by atoms with Crippen LogP contribution in [0.4, 0.5) is 10.1 Å². The second-order valence-corrected chi connectivity index (χ2v) is 5.35. The summed E-state index contributed by atoms with van der Waals surface area (Å²) < 4.78 is 24.3. The first-order chi connectivity index (χ1) is 12.0. The predicted octanol–water partition coefficient (Wildman–Crippen LogP) is 4.15. The smallest absolute Gasteiger partial charge is 0.286 e. The van der Waals surface area contributed by atoms with Gasteiger partial charge in [-0.2, -0.15) is 0 Å². The predicted molar refractivity (Wildman–Crippen MR) is 95.0 cm³/mol. The molecule has 0 spiro atoms. The minimum Gasteiger partial charge on any atom is -0.490 e. The molecular weight excluding hydrogens is 323 g/mol. The molecular formula is C19H17FN2O3. The highest BCUT2D eigenvalue weighted by atomic mass is 19.1. The zero-order valence-corrected chi connectivity index (χ0v) is 13.6. The highest BCUT2D eigenvalue weighted by Crippen LogP contribution is 2.37. The van der Waals surface area contributed by atoms with Crippen LogP contribution < -0.4 is 15.8 Å². The minimum atomic E-state index is -0.715. The van der Waals surface area contributed by atoms with Crippen LogP contribution in [0, 0.1) is 5.82 Å². The Kier molecular flexibility index (Phi) is 4.43. The van der Waals surface area contributed by atoms with Gasteiger partial charge in [-0.15, -0.1) is 0 Å². The summed E-state index contributed by atoms with van der Waals surface area (Å²) in [6.45, 7) is 6.25. The summed E-state index contributed by atoms with van der Waals surface area (Å²) >= 11 is 0. The van der Waals surface area contributed by atoms with Gasteiger partial charge in [-0.3, -0.25) is 4.79 Å². The van der Waals surface area contributed by atoms with Gasteiger partial charge in [0.15, 0.2) is 11.3 Å². The van der Waals surface area contributed by atoms with Crippen molar-refractivity contribution in [3.8, 4) is 5.75 Å². The second kappa shape index (κ2) is 6.68. The Bertz CT molecular complexity index is 945. The van der Waals surface area contributed by atoms with Gasteiger partial charge in [-0.25, -0.2) is 4.39 Å². The molecule has 3 aromatic rings. The molecule has 1 amide bonds. The maximum Gasteiger partial charge on any atom is 0.286 e. The van der Waals surface area contributed by atoms with Gasteiger partial charge >= 0.3 is 0 Å². The summed E-state index contributed by atoms with van der Waals surface area (Å²) in [4.78, 5) is 11.8. The van der Waals surface area contributed by atoms with Crippen LogP contribution in [-0.4, -0.2) is 12.5 Å². The maximum absolute atomic E-state index is 13.1. The van der Waals surface area contributed by atoms with E-state index in [-0.39, 0.29) is 11.6 Å². The van der Waals surface area contributed by atoms with Gasteiger partial charge < -0.3 is 20.2 Å². The quantitative estimate of drug-likeness (QED) is 0.706. The topological polar surface area (TPSA) is 77.5 Å². The Labute approximate surface area is 143 Å². The number of rotatable bonds is 6. The number of para-hydroxylation sites is 1.